The van der Waals surface area contributed by atoms with Crippen molar-refractivity contribution in [2.75, 3.05) is 0 Å². The summed E-state index contributed by atoms with van der Waals surface area (Å²) in [7, 11) is 0. The summed E-state index contributed by atoms with van der Waals surface area (Å²) in [6.45, 7) is 1.10. The minimum Gasteiger partial charge on any atom is -0.487 e. The molecule has 0 unspecified atom stereocenters. The molecule has 0 atom stereocenters. The summed E-state index contributed by atoms with van der Waals surface area (Å²) in [5.74, 6) is 0.842. The van der Waals surface area contributed by atoms with Gasteiger partial charge in [0.25, 0.3) is 0 Å². The van der Waals surface area contributed by atoms with Crippen molar-refractivity contribution in [3.8, 4) is 5.75 Å². The van der Waals surface area contributed by atoms with E-state index in [1.807, 2.05) is 71.6 Å². The van der Waals surface area contributed by atoms with E-state index < -0.39 is 0 Å². The molecule has 1 aliphatic carbocycles. The second kappa shape index (κ2) is 9.20. The summed E-state index contributed by atoms with van der Waals surface area (Å²) in [6.07, 6.45) is 7.48. The fourth-order valence-electron chi connectivity index (χ4n) is 3.13. The Hall–Kier alpha value is -3.40. The van der Waals surface area contributed by atoms with Gasteiger partial charge in [-0.15, -0.1) is 0 Å². The van der Waals surface area contributed by atoms with Crippen LogP contribution in [0.15, 0.2) is 85.1 Å². The van der Waals surface area contributed by atoms with Gasteiger partial charge in [-0.1, -0.05) is 48.5 Å². The van der Waals surface area contributed by atoms with Crippen molar-refractivity contribution in [3.63, 3.8) is 0 Å². The van der Waals surface area contributed by atoms with Gasteiger partial charge < -0.3 is 9.64 Å². The van der Waals surface area contributed by atoms with Crippen LogP contribution in [-0.2, 0) is 17.9 Å². The van der Waals surface area contributed by atoms with Crippen molar-refractivity contribution in [3.05, 3.63) is 102 Å². The lowest BCUT2D eigenvalue weighted by Gasteiger charge is -2.21. The minimum absolute atomic E-state index is 0.0619. The fourth-order valence-corrected chi connectivity index (χ4v) is 3.13. The van der Waals surface area contributed by atoms with Gasteiger partial charge in [-0.3, -0.25) is 9.78 Å². The molecule has 1 saturated carbocycles. The average Bonchev–Trinajstić information content (AvgIpc) is 3.62. The lowest BCUT2D eigenvalue weighted by molar-refractivity contribution is -0.127. The topological polar surface area (TPSA) is 42.4 Å². The summed E-state index contributed by atoms with van der Waals surface area (Å²) in [5.41, 5.74) is 3.02. The third-order valence-electron chi connectivity index (χ3n) is 4.88. The maximum Gasteiger partial charge on any atom is 0.247 e. The molecule has 1 aliphatic rings. The molecule has 1 amide bonds. The summed E-state index contributed by atoms with van der Waals surface area (Å²) in [4.78, 5) is 19.0. The number of amides is 1. The van der Waals surface area contributed by atoms with Crippen molar-refractivity contribution >= 4 is 12.0 Å². The highest BCUT2D eigenvalue weighted by Crippen LogP contribution is 2.28. The first-order chi connectivity index (χ1) is 14.3. The second-order valence-electron chi connectivity index (χ2n) is 7.20. The molecule has 3 aromatic rings. The second-order valence-corrected chi connectivity index (χ2v) is 7.20. The van der Waals surface area contributed by atoms with Crippen LogP contribution < -0.4 is 4.74 Å². The van der Waals surface area contributed by atoms with Gasteiger partial charge in [0.1, 0.15) is 12.4 Å². The Balaban J connectivity index is 1.34. The van der Waals surface area contributed by atoms with Crippen molar-refractivity contribution < 1.29 is 9.53 Å². The average molecular weight is 384 g/mol. The van der Waals surface area contributed by atoms with Crippen LogP contribution in [0.4, 0.5) is 0 Å². The van der Waals surface area contributed by atoms with Crippen LogP contribution in [0.3, 0.4) is 0 Å². The SMILES string of the molecule is O=C(/C=C/c1ccc(OCc2ccccn2)cc1)N(Cc1ccccc1)C1CC1. The van der Waals surface area contributed by atoms with E-state index >= 15 is 0 Å². The number of rotatable bonds is 8. The maximum atomic E-state index is 12.7. The molecule has 0 spiro atoms. The molecule has 2 aromatic carbocycles. The van der Waals surface area contributed by atoms with Crippen LogP contribution >= 0.6 is 0 Å². The molecule has 1 heterocycles. The van der Waals surface area contributed by atoms with Crippen LogP contribution in [0.2, 0.25) is 0 Å². The zero-order valence-corrected chi connectivity index (χ0v) is 16.3. The van der Waals surface area contributed by atoms with Crippen LogP contribution in [0.1, 0.15) is 29.7 Å². The van der Waals surface area contributed by atoms with E-state index in [2.05, 4.69) is 17.1 Å². The van der Waals surface area contributed by atoms with Crippen molar-refractivity contribution in [2.45, 2.75) is 32.0 Å². The number of aromatic nitrogens is 1. The van der Waals surface area contributed by atoms with Gasteiger partial charge in [-0.05, 0) is 54.3 Å². The van der Waals surface area contributed by atoms with Crippen LogP contribution in [-0.4, -0.2) is 21.8 Å². The Labute approximate surface area is 171 Å². The third-order valence-corrected chi connectivity index (χ3v) is 4.88. The minimum atomic E-state index is 0.0619. The molecule has 29 heavy (non-hydrogen) atoms. The number of hydrogen-bond acceptors (Lipinski definition) is 3. The van der Waals surface area contributed by atoms with Gasteiger partial charge in [0.15, 0.2) is 0 Å². The van der Waals surface area contributed by atoms with E-state index in [1.54, 1.807) is 12.3 Å². The van der Waals surface area contributed by atoms with E-state index in [9.17, 15) is 4.79 Å². The number of ether oxygens (including phenoxy) is 1. The smallest absolute Gasteiger partial charge is 0.247 e. The van der Waals surface area contributed by atoms with Crippen molar-refractivity contribution in [1.29, 1.82) is 0 Å². The number of carbonyl (C=O) groups excluding carboxylic acids is 1. The van der Waals surface area contributed by atoms with Gasteiger partial charge in [-0.25, -0.2) is 0 Å². The maximum absolute atomic E-state index is 12.7. The quantitative estimate of drug-likeness (QED) is 0.521. The normalized spacial score (nSPS) is 13.4. The Morgan fingerprint density at radius 3 is 2.45 bits per heavy atom. The predicted octanol–water partition coefficient (Wildman–Crippen LogP) is 4.87. The first-order valence-electron chi connectivity index (χ1n) is 9.93. The highest BCUT2D eigenvalue weighted by molar-refractivity contribution is 5.92. The molecule has 0 aliphatic heterocycles. The summed E-state index contributed by atoms with van der Waals surface area (Å²) >= 11 is 0. The Morgan fingerprint density at radius 2 is 1.76 bits per heavy atom. The molecule has 4 rings (SSSR count). The van der Waals surface area contributed by atoms with Gasteiger partial charge in [0.05, 0.1) is 5.69 Å². The van der Waals surface area contributed by atoms with Gasteiger partial charge >= 0.3 is 0 Å². The third kappa shape index (κ3) is 5.55. The van der Waals surface area contributed by atoms with Gasteiger partial charge in [0, 0.05) is 24.9 Å². The standard InChI is InChI=1S/C25H24N2O2/c28-25(27(23-12-13-23)18-21-6-2-1-3-7-21)16-11-20-9-14-24(15-10-20)29-19-22-8-4-5-17-26-22/h1-11,14-17,23H,12-13,18-19H2/b16-11+. The Kier molecular flexibility index (Phi) is 6.01. The number of carbonyl (C=O) groups is 1. The van der Waals surface area contributed by atoms with Crippen LogP contribution in [0.5, 0.6) is 5.75 Å². The lowest BCUT2D eigenvalue weighted by atomic mass is 10.2. The summed E-state index contributed by atoms with van der Waals surface area (Å²) in [6, 6.07) is 24.0. The molecule has 0 radical (unpaired) electrons. The number of hydrogen-bond donors (Lipinski definition) is 0. The molecule has 4 heteroatoms. The van der Waals surface area contributed by atoms with Crippen LogP contribution in [0.25, 0.3) is 6.08 Å². The highest BCUT2D eigenvalue weighted by atomic mass is 16.5. The molecular weight excluding hydrogens is 360 g/mol. The van der Waals surface area contributed by atoms with E-state index in [1.165, 1.54) is 0 Å². The van der Waals surface area contributed by atoms with Crippen molar-refractivity contribution in [2.24, 2.45) is 0 Å². The molecule has 0 N–H and O–H groups in total. The summed E-state index contributed by atoms with van der Waals surface area (Å²) < 4.78 is 5.76. The van der Waals surface area contributed by atoms with Crippen molar-refractivity contribution in [1.82, 2.24) is 9.88 Å². The molecule has 4 nitrogen and oxygen atoms in total. The largest absolute Gasteiger partial charge is 0.487 e. The number of nitrogens with zero attached hydrogens (tertiary/aromatic N) is 2. The zero-order chi connectivity index (χ0) is 19.9. The van der Waals surface area contributed by atoms with Gasteiger partial charge in [-0.2, -0.15) is 0 Å². The summed E-state index contributed by atoms with van der Waals surface area (Å²) in [5, 5.41) is 0. The first-order valence-corrected chi connectivity index (χ1v) is 9.93. The number of pyridine rings is 1. The Morgan fingerprint density at radius 1 is 1.00 bits per heavy atom. The van der Waals surface area contributed by atoms with Crippen LogP contribution in [0, 0.1) is 0 Å². The molecule has 146 valence electrons. The highest BCUT2D eigenvalue weighted by Gasteiger charge is 2.31. The van der Waals surface area contributed by atoms with E-state index in [-0.39, 0.29) is 5.91 Å². The van der Waals surface area contributed by atoms with Gasteiger partial charge in [0.2, 0.25) is 5.91 Å². The number of benzene rings is 2. The van der Waals surface area contributed by atoms with E-state index in [0.29, 0.717) is 19.2 Å². The molecule has 0 bridgehead atoms. The molecular formula is C25H24N2O2. The van der Waals surface area contributed by atoms with E-state index in [4.69, 9.17) is 4.74 Å². The Bertz CT molecular complexity index is 949. The van der Waals surface area contributed by atoms with E-state index in [0.717, 1.165) is 35.4 Å². The zero-order valence-electron chi connectivity index (χ0n) is 16.3. The predicted molar refractivity (Wildman–Crippen MR) is 114 cm³/mol. The first kappa shape index (κ1) is 18.9. The fraction of sp³-hybridized carbons (Fsp3) is 0.200. The lowest BCUT2D eigenvalue weighted by Crippen LogP contribution is -2.31. The monoisotopic (exact) mass is 384 g/mol. The molecule has 1 fully saturated rings. The molecule has 1 aromatic heterocycles. The molecule has 0 saturated heterocycles.